The fraction of sp³-hybridized carbons (Fsp3) is 0.500. The molecule has 0 bridgehead atoms. The van der Waals surface area contributed by atoms with E-state index in [9.17, 15) is 5.11 Å². The fourth-order valence-electron chi connectivity index (χ4n) is 2.06. The number of benzene rings is 1. The maximum Gasteiger partial charge on any atom is 0.0604 e. The van der Waals surface area contributed by atoms with Gasteiger partial charge in [-0.25, -0.2) is 0 Å². The van der Waals surface area contributed by atoms with E-state index < -0.39 is 0 Å². The molecule has 1 aromatic rings. The Balaban J connectivity index is 2.08. The van der Waals surface area contributed by atoms with Gasteiger partial charge in [0.05, 0.1) is 12.6 Å². The summed E-state index contributed by atoms with van der Waals surface area (Å²) >= 11 is 0. The molecule has 2 rings (SSSR count). The number of nitrogens with two attached hydrogens (primary N) is 1. The van der Waals surface area contributed by atoms with Crippen molar-refractivity contribution in [2.45, 2.75) is 6.04 Å². The normalized spacial score (nSPS) is 22.4. The number of likely N-dealkylation sites (N-methyl/N-ethyl adjacent to an activating group) is 1. The van der Waals surface area contributed by atoms with Crippen LogP contribution in [0.1, 0.15) is 0 Å². The summed E-state index contributed by atoms with van der Waals surface area (Å²) in [4.78, 5) is 4.49. The molecule has 0 saturated carbocycles. The molecule has 1 saturated heterocycles. The third-order valence-corrected chi connectivity index (χ3v) is 3.25. The molecule has 3 N–H and O–H groups in total. The number of nitrogen functional groups attached to an aromatic ring is 1. The average Bonchev–Trinajstić information content (AvgIpc) is 2.31. The molecule has 1 aliphatic rings. The summed E-state index contributed by atoms with van der Waals surface area (Å²) in [5.41, 5.74) is 7.63. The summed E-state index contributed by atoms with van der Waals surface area (Å²) in [5, 5.41) is 9.28. The van der Waals surface area contributed by atoms with Crippen molar-refractivity contribution in [3.05, 3.63) is 24.3 Å². The lowest BCUT2D eigenvalue weighted by molar-refractivity contribution is 0.135. The Morgan fingerprint density at radius 1 is 1.31 bits per heavy atom. The van der Waals surface area contributed by atoms with E-state index in [4.69, 9.17) is 5.73 Å². The lowest BCUT2D eigenvalue weighted by Crippen LogP contribution is -2.53. The SMILES string of the molecule is CN1CCN(c2ccc(N)cc2)CC1CO. The van der Waals surface area contributed by atoms with E-state index in [0.717, 1.165) is 25.3 Å². The topological polar surface area (TPSA) is 52.7 Å². The predicted molar refractivity (Wildman–Crippen MR) is 66.6 cm³/mol. The molecular formula is C12H19N3O. The minimum Gasteiger partial charge on any atom is -0.399 e. The zero-order chi connectivity index (χ0) is 11.5. The van der Waals surface area contributed by atoms with Gasteiger partial charge in [0.25, 0.3) is 0 Å². The highest BCUT2D eigenvalue weighted by atomic mass is 16.3. The van der Waals surface area contributed by atoms with E-state index >= 15 is 0 Å². The maximum absolute atomic E-state index is 9.28. The average molecular weight is 221 g/mol. The van der Waals surface area contributed by atoms with Crippen molar-refractivity contribution in [1.82, 2.24) is 4.90 Å². The zero-order valence-electron chi connectivity index (χ0n) is 9.63. The van der Waals surface area contributed by atoms with Crippen LogP contribution in [0.25, 0.3) is 0 Å². The summed E-state index contributed by atoms with van der Waals surface area (Å²) in [6.07, 6.45) is 0. The molecule has 1 heterocycles. The minimum atomic E-state index is 0.210. The van der Waals surface area contributed by atoms with Crippen LogP contribution in [-0.2, 0) is 0 Å². The second kappa shape index (κ2) is 4.72. The van der Waals surface area contributed by atoms with Crippen LogP contribution in [0.4, 0.5) is 11.4 Å². The highest BCUT2D eigenvalue weighted by molar-refractivity contribution is 5.53. The van der Waals surface area contributed by atoms with Crippen molar-refractivity contribution < 1.29 is 5.11 Å². The first-order valence-corrected chi connectivity index (χ1v) is 5.62. The monoisotopic (exact) mass is 221 g/mol. The van der Waals surface area contributed by atoms with Gasteiger partial charge in [-0.2, -0.15) is 0 Å². The minimum absolute atomic E-state index is 0.210. The lowest BCUT2D eigenvalue weighted by atomic mass is 10.1. The third-order valence-electron chi connectivity index (χ3n) is 3.25. The van der Waals surface area contributed by atoms with Crippen LogP contribution in [0, 0.1) is 0 Å². The highest BCUT2D eigenvalue weighted by Gasteiger charge is 2.23. The molecule has 88 valence electrons. The molecular weight excluding hydrogens is 202 g/mol. The Labute approximate surface area is 96.3 Å². The summed E-state index contributed by atoms with van der Waals surface area (Å²) in [6, 6.07) is 8.14. The van der Waals surface area contributed by atoms with Crippen molar-refractivity contribution in [3.8, 4) is 0 Å². The van der Waals surface area contributed by atoms with Crippen LogP contribution in [0.15, 0.2) is 24.3 Å². The summed E-state index contributed by atoms with van der Waals surface area (Å²) in [6.45, 7) is 3.06. The summed E-state index contributed by atoms with van der Waals surface area (Å²) < 4.78 is 0. The van der Waals surface area contributed by atoms with E-state index in [-0.39, 0.29) is 12.6 Å². The lowest BCUT2D eigenvalue weighted by Gasteiger charge is -2.39. The first kappa shape index (κ1) is 11.2. The van der Waals surface area contributed by atoms with E-state index in [1.54, 1.807) is 0 Å². The van der Waals surface area contributed by atoms with Gasteiger partial charge in [0.15, 0.2) is 0 Å². The van der Waals surface area contributed by atoms with Crippen molar-refractivity contribution in [3.63, 3.8) is 0 Å². The number of aliphatic hydroxyl groups excluding tert-OH is 1. The number of anilines is 2. The largest absolute Gasteiger partial charge is 0.399 e. The molecule has 0 aromatic heterocycles. The number of hydrogen-bond acceptors (Lipinski definition) is 4. The van der Waals surface area contributed by atoms with Crippen LogP contribution in [0.2, 0.25) is 0 Å². The Morgan fingerprint density at radius 2 is 2.00 bits per heavy atom. The second-order valence-electron chi connectivity index (χ2n) is 4.35. The molecule has 1 fully saturated rings. The Morgan fingerprint density at radius 3 is 2.62 bits per heavy atom. The first-order valence-electron chi connectivity index (χ1n) is 5.62. The van der Waals surface area contributed by atoms with Crippen LogP contribution in [0.3, 0.4) is 0 Å². The molecule has 0 radical (unpaired) electrons. The van der Waals surface area contributed by atoms with Crippen molar-refractivity contribution in [1.29, 1.82) is 0 Å². The summed E-state index contributed by atoms with van der Waals surface area (Å²) in [7, 11) is 2.06. The van der Waals surface area contributed by atoms with Crippen LogP contribution < -0.4 is 10.6 Å². The Kier molecular flexibility index (Phi) is 3.31. The smallest absolute Gasteiger partial charge is 0.0604 e. The van der Waals surface area contributed by atoms with E-state index in [0.29, 0.717) is 0 Å². The molecule has 0 spiro atoms. The molecule has 4 heteroatoms. The number of aliphatic hydroxyl groups is 1. The van der Waals surface area contributed by atoms with Gasteiger partial charge in [0, 0.05) is 31.0 Å². The van der Waals surface area contributed by atoms with E-state index in [1.165, 1.54) is 5.69 Å². The number of rotatable bonds is 2. The van der Waals surface area contributed by atoms with Gasteiger partial charge in [0.2, 0.25) is 0 Å². The Bertz CT molecular complexity index is 339. The Hall–Kier alpha value is -1.26. The van der Waals surface area contributed by atoms with Gasteiger partial charge < -0.3 is 15.7 Å². The highest BCUT2D eigenvalue weighted by Crippen LogP contribution is 2.19. The van der Waals surface area contributed by atoms with Crippen molar-refractivity contribution >= 4 is 11.4 Å². The van der Waals surface area contributed by atoms with Gasteiger partial charge in [-0.05, 0) is 31.3 Å². The van der Waals surface area contributed by atoms with Crippen molar-refractivity contribution in [2.24, 2.45) is 0 Å². The standard InChI is InChI=1S/C12H19N3O/c1-14-6-7-15(8-12(14)9-16)11-4-2-10(13)3-5-11/h2-5,12,16H,6-9,13H2,1H3. The second-order valence-corrected chi connectivity index (χ2v) is 4.35. The molecule has 1 aromatic carbocycles. The number of nitrogens with zero attached hydrogens (tertiary/aromatic N) is 2. The van der Waals surface area contributed by atoms with E-state index in [1.807, 2.05) is 24.3 Å². The molecule has 1 atom stereocenters. The van der Waals surface area contributed by atoms with E-state index in [2.05, 4.69) is 16.8 Å². The van der Waals surface area contributed by atoms with Gasteiger partial charge in [0.1, 0.15) is 0 Å². The number of piperazine rings is 1. The molecule has 0 amide bonds. The summed E-state index contributed by atoms with van der Waals surface area (Å²) in [5.74, 6) is 0. The molecule has 1 aliphatic heterocycles. The zero-order valence-corrected chi connectivity index (χ0v) is 9.63. The van der Waals surface area contributed by atoms with Gasteiger partial charge >= 0.3 is 0 Å². The molecule has 1 unspecified atom stereocenters. The molecule has 16 heavy (non-hydrogen) atoms. The van der Waals surface area contributed by atoms with Crippen molar-refractivity contribution in [2.75, 3.05) is 43.9 Å². The fourth-order valence-corrected chi connectivity index (χ4v) is 2.06. The predicted octanol–water partition coefficient (Wildman–Crippen LogP) is 0.382. The first-order chi connectivity index (χ1) is 7.70. The van der Waals surface area contributed by atoms with Crippen LogP contribution in [0.5, 0.6) is 0 Å². The van der Waals surface area contributed by atoms with Gasteiger partial charge in [-0.15, -0.1) is 0 Å². The maximum atomic E-state index is 9.28. The third kappa shape index (κ3) is 2.28. The molecule has 4 nitrogen and oxygen atoms in total. The van der Waals surface area contributed by atoms with Gasteiger partial charge in [-0.3, -0.25) is 4.90 Å². The van der Waals surface area contributed by atoms with Crippen LogP contribution in [-0.4, -0.2) is 49.3 Å². The molecule has 0 aliphatic carbocycles. The quantitative estimate of drug-likeness (QED) is 0.709. The van der Waals surface area contributed by atoms with Crippen LogP contribution >= 0.6 is 0 Å². The number of hydrogen-bond donors (Lipinski definition) is 2. The van der Waals surface area contributed by atoms with Gasteiger partial charge in [-0.1, -0.05) is 0 Å².